The summed E-state index contributed by atoms with van der Waals surface area (Å²) < 4.78 is 32.7. The van der Waals surface area contributed by atoms with Crippen molar-refractivity contribution in [1.29, 1.82) is 0 Å². The molecule has 1 atom stereocenters. The Balaban J connectivity index is 2.59. The van der Waals surface area contributed by atoms with Crippen molar-refractivity contribution in [2.24, 2.45) is 0 Å². The molecule has 1 rings (SSSR count). The van der Waals surface area contributed by atoms with E-state index >= 15 is 0 Å². The minimum absolute atomic E-state index is 0.0829. The number of rotatable bonds is 6. The smallest absolute Gasteiger partial charge is 0.282 e. The molecule has 0 aromatic heterocycles. The first-order valence-corrected chi connectivity index (χ1v) is 7.35. The number of nitrogens with one attached hydrogen (secondary N) is 1. The van der Waals surface area contributed by atoms with E-state index in [4.69, 9.17) is 4.74 Å². The van der Waals surface area contributed by atoms with Crippen molar-refractivity contribution < 1.29 is 13.2 Å². The van der Waals surface area contributed by atoms with Gasteiger partial charge in [0, 0.05) is 26.2 Å². The van der Waals surface area contributed by atoms with E-state index in [0.29, 0.717) is 26.3 Å². The molecule has 1 aliphatic rings. The molecule has 0 saturated carbocycles. The fourth-order valence-electron chi connectivity index (χ4n) is 1.83. The van der Waals surface area contributed by atoms with Gasteiger partial charge in [0.05, 0.1) is 13.2 Å². The van der Waals surface area contributed by atoms with Crippen molar-refractivity contribution in [3.8, 4) is 0 Å². The molecule has 1 saturated heterocycles. The molecular weight excluding hydrogens is 242 g/mol. The van der Waals surface area contributed by atoms with E-state index in [-0.39, 0.29) is 6.04 Å². The van der Waals surface area contributed by atoms with Crippen LogP contribution >= 0.6 is 0 Å². The summed E-state index contributed by atoms with van der Waals surface area (Å²) in [6, 6.07) is -0.0829. The van der Waals surface area contributed by atoms with Gasteiger partial charge in [-0.1, -0.05) is 0 Å². The molecule has 1 aliphatic heterocycles. The number of nitrogens with zero attached hydrogens (tertiary/aromatic N) is 2. The molecule has 0 amide bonds. The van der Waals surface area contributed by atoms with Crippen LogP contribution in [0.3, 0.4) is 0 Å². The van der Waals surface area contributed by atoms with Gasteiger partial charge in [0.1, 0.15) is 0 Å². The summed E-state index contributed by atoms with van der Waals surface area (Å²) in [4.78, 5) is 0. The van der Waals surface area contributed by atoms with Crippen LogP contribution in [0.25, 0.3) is 0 Å². The van der Waals surface area contributed by atoms with E-state index < -0.39 is 10.2 Å². The van der Waals surface area contributed by atoms with Gasteiger partial charge in [0.15, 0.2) is 0 Å². The molecule has 0 aromatic rings. The predicted octanol–water partition coefficient (Wildman–Crippen LogP) is -0.507. The van der Waals surface area contributed by atoms with Crippen molar-refractivity contribution in [3.63, 3.8) is 0 Å². The maximum absolute atomic E-state index is 12.3. The standard InChI is InChI=1S/C10H23N3O3S/c1-10-9-16-8-7-13(10)17(14,15)12(3)6-4-5-11-2/h10-11H,4-9H2,1-3H3. The van der Waals surface area contributed by atoms with Gasteiger partial charge in [-0.25, -0.2) is 0 Å². The highest BCUT2D eigenvalue weighted by Gasteiger charge is 2.32. The first-order chi connectivity index (χ1) is 8.00. The first-order valence-electron chi connectivity index (χ1n) is 5.95. The second-order valence-corrected chi connectivity index (χ2v) is 6.31. The summed E-state index contributed by atoms with van der Waals surface area (Å²) in [7, 11) is 0.159. The van der Waals surface area contributed by atoms with Crippen molar-refractivity contribution in [2.75, 3.05) is 46.9 Å². The third-order valence-electron chi connectivity index (χ3n) is 2.90. The average molecular weight is 265 g/mol. The lowest BCUT2D eigenvalue weighted by molar-refractivity contribution is 0.0368. The zero-order valence-corrected chi connectivity index (χ0v) is 11.7. The second kappa shape index (κ2) is 6.65. The van der Waals surface area contributed by atoms with Gasteiger partial charge in [-0.2, -0.15) is 17.0 Å². The van der Waals surface area contributed by atoms with Gasteiger partial charge in [-0.05, 0) is 26.9 Å². The number of ether oxygens (including phenoxy) is 1. The van der Waals surface area contributed by atoms with Gasteiger partial charge in [0.2, 0.25) is 0 Å². The molecule has 0 radical (unpaired) electrons. The zero-order chi connectivity index (χ0) is 12.9. The van der Waals surface area contributed by atoms with Crippen LogP contribution in [0.15, 0.2) is 0 Å². The quantitative estimate of drug-likeness (QED) is 0.657. The van der Waals surface area contributed by atoms with Gasteiger partial charge >= 0.3 is 0 Å². The average Bonchev–Trinajstić information content (AvgIpc) is 2.29. The third kappa shape index (κ3) is 3.89. The molecule has 0 bridgehead atoms. The van der Waals surface area contributed by atoms with Crippen LogP contribution in [-0.4, -0.2) is 70.0 Å². The summed E-state index contributed by atoms with van der Waals surface area (Å²) in [6.07, 6.45) is 0.810. The molecule has 0 aromatic carbocycles. The number of morpholine rings is 1. The monoisotopic (exact) mass is 265 g/mol. The Kier molecular flexibility index (Phi) is 5.81. The van der Waals surface area contributed by atoms with Gasteiger partial charge < -0.3 is 10.1 Å². The van der Waals surface area contributed by atoms with E-state index in [1.807, 2.05) is 14.0 Å². The lowest BCUT2D eigenvalue weighted by Crippen LogP contribution is -2.52. The van der Waals surface area contributed by atoms with Crippen LogP contribution in [0.5, 0.6) is 0 Å². The fraction of sp³-hybridized carbons (Fsp3) is 1.00. The highest BCUT2D eigenvalue weighted by molar-refractivity contribution is 7.86. The molecule has 0 spiro atoms. The van der Waals surface area contributed by atoms with Crippen molar-refractivity contribution in [2.45, 2.75) is 19.4 Å². The Labute approximate surface area is 104 Å². The molecular formula is C10H23N3O3S. The lowest BCUT2D eigenvalue weighted by atomic mass is 10.3. The van der Waals surface area contributed by atoms with E-state index in [1.165, 1.54) is 8.61 Å². The molecule has 1 unspecified atom stereocenters. The SMILES string of the molecule is CNCCCN(C)S(=O)(=O)N1CCOCC1C. The Morgan fingerprint density at radius 2 is 2.24 bits per heavy atom. The van der Waals surface area contributed by atoms with Crippen molar-refractivity contribution in [3.05, 3.63) is 0 Å². The second-order valence-electron chi connectivity index (χ2n) is 4.32. The van der Waals surface area contributed by atoms with Crippen LogP contribution < -0.4 is 5.32 Å². The summed E-state index contributed by atoms with van der Waals surface area (Å²) in [5, 5.41) is 3.01. The fourth-order valence-corrected chi connectivity index (χ4v) is 3.37. The van der Waals surface area contributed by atoms with E-state index in [2.05, 4.69) is 5.32 Å². The van der Waals surface area contributed by atoms with E-state index in [0.717, 1.165) is 13.0 Å². The molecule has 0 aliphatic carbocycles. The summed E-state index contributed by atoms with van der Waals surface area (Å²) in [6.45, 7) is 4.63. The first kappa shape index (κ1) is 14.8. The normalized spacial score (nSPS) is 23.2. The third-order valence-corrected chi connectivity index (χ3v) is 5.00. The topological polar surface area (TPSA) is 61.9 Å². The molecule has 1 fully saturated rings. The Morgan fingerprint density at radius 1 is 1.53 bits per heavy atom. The summed E-state index contributed by atoms with van der Waals surface area (Å²) in [5.41, 5.74) is 0. The maximum atomic E-state index is 12.3. The zero-order valence-electron chi connectivity index (χ0n) is 10.8. The number of hydrogen-bond donors (Lipinski definition) is 1. The molecule has 1 N–H and O–H groups in total. The largest absolute Gasteiger partial charge is 0.378 e. The Morgan fingerprint density at radius 3 is 2.82 bits per heavy atom. The molecule has 7 heteroatoms. The predicted molar refractivity (Wildman–Crippen MR) is 67.1 cm³/mol. The highest BCUT2D eigenvalue weighted by Crippen LogP contribution is 2.14. The molecule has 17 heavy (non-hydrogen) atoms. The van der Waals surface area contributed by atoms with Crippen molar-refractivity contribution >= 4 is 10.2 Å². The van der Waals surface area contributed by atoms with Gasteiger partial charge in [-0.15, -0.1) is 0 Å². The minimum atomic E-state index is -3.33. The molecule has 1 heterocycles. The summed E-state index contributed by atoms with van der Waals surface area (Å²) in [5.74, 6) is 0. The Bertz CT molecular complexity index is 321. The molecule has 102 valence electrons. The van der Waals surface area contributed by atoms with Crippen LogP contribution in [0.2, 0.25) is 0 Å². The maximum Gasteiger partial charge on any atom is 0.282 e. The Hall–Kier alpha value is -0.210. The number of hydrogen-bond acceptors (Lipinski definition) is 4. The van der Waals surface area contributed by atoms with Crippen LogP contribution in [0.4, 0.5) is 0 Å². The van der Waals surface area contributed by atoms with E-state index in [1.54, 1.807) is 7.05 Å². The van der Waals surface area contributed by atoms with Gasteiger partial charge in [0.25, 0.3) is 10.2 Å². The van der Waals surface area contributed by atoms with E-state index in [9.17, 15) is 8.42 Å². The van der Waals surface area contributed by atoms with Crippen LogP contribution in [-0.2, 0) is 14.9 Å². The van der Waals surface area contributed by atoms with Crippen LogP contribution in [0.1, 0.15) is 13.3 Å². The van der Waals surface area contributed by atoms with Gasteiger partial charge in [-0.3, -0.25) is 0 Å². The highest BCUT2D eigenvalue weighted by atomic mass is 32.2. The van der Waals surface area contributed by atoms with Crippen molar-refractivity contribution in [1.82, 2.24) is 13.9 Å². The van der Waals surface area contributed by atoms with Crippen LogP contribution in [0, 0.1) is 0 Å². The molecule has 6 nitrogen and oxygen atoms in total. The lowest BCUT2D eigenvalue weighted by Gasteiger charge is -2.35. The minimum Gasteiger partial charge on any atom is -0.378 e. The summed E-state index contributed by atoms with van der Waals surface area (Å²) >= 11 is 0.